The molecule has 0 aliphatic carbocycles. The van der Waals surface area contributed by atoms with Crippen molar-refractivity contribution in [1.29, 1.82) is 0 Å². The van der Waals surface area contributed by atoms with Gasteiger partial charge in [0.25, 0.3) is 5.91 Å². The minimum absolute atomic E-state index is 0.205. The van der Waals surface area contributed by atoms with Crippen LogP contribution in [0.2, 0.25) is 0 Å². The largest absolute Gasteiger partial charge is 0.481 e. The van der Waals surface area contributed by atoms with Crippen LogP contribution in [0.25, 0.3) is 10.4 Å². The van der Waals surface area contributed by atoms with Crippen molar-refractivity contribution in [1.82, 2.24) is 9.88 Å². The standard InChI is InChI=1S/C18H20N2O4S/c1-24-11-14-19-15(16(25-14)12-6-3-2-4-7-12)17(21)20-9-5-8-13(10-20)18(22)23/h2-4,6-7,13H,5,8-11H2,1H3,(H,22,23). The van der Waals surface area contributed by atoms with E-state index in [1.54, 1.807) is 12.0 Å². The number of benzene rings is 1. The van der Waals surface area contributed by atoms with E-state index in [9.17, 15) is 14.7 Å². The number of methoxy groups -OCH3 is 1. The second kappa shape index (κ2) is 7.76. The number of rotatable bonds is 5. The minimum Gasteiger partial charge on any atom is -0.481 e. The summed E-state index contributed by atoms with van der Waals surface area (Å²) in [6.45, 7) is 1.14. The fourth-order valence-corrected chi connectivity index (χ4v) is 4.03. The highest BCUT2D eigenvalue weighted by atomic mass is 32.1. The Kier molecular flexibility index (Phi) is 5.45. The van der Waals surface area contributed by atoms with Gasteiger partial charge in [-0.1, -0.05) is 30.3 Å². The lowest BCUT2D eigenvalue weighted by Crippen LogP contribution is -2.42. The number of aromatic nitrogens is 1. The van der Waals surface area contributed by atoms with Crippen LogP contribution in [-0.4, -0.2) is 47.1 Å². The SMILES string of the molecule is COCc1nc(C(=O)N2CCCC(C(=O)O)C2)c(-c2ccccc2)s1. The van der Waals surface area contributed by atoms with Gasteiger partial charge >= 0.3 is 5.97 Å². The first-order chi connectivity index (χ1) is 12.1. The van der Waals surface area contributed by atoms with Crippen molar-refractivity contribution < 1.29 is 19.4 Å². The lowest BCUT2D eigenvalue weighted by atomic mass is 9.98. The number of ether oxygens (including phenoxy) is 1. The summed E-state index contributed by atoms with van der Waals surface area (Å²) in [5, 5.41) is 9.98. The summed E-state index contributed by atoms with van der Waals surface area (Å²) in [4.78, 5) is 31.2. The number of aliphatic carboxylic acids is 1. The van der Waals surface area contributed by atoms with Crippen LogP contribution in [0, 0.1) is 5.92 Å². The average Bonchev–Trinajstić information content (AvgIpc) is 3.06. The number of carboxylic acids is 1. The number of amides is 1. The van der Waals surface area contributed by atoms with Gasteiger partial charge in [-0.15, -0.1) is 11.3 Å². The first-order valence-corrected chi connectivity index (χ1v) is 8.98. The van der Waals surface area contributed by atoms with E-state index in [1.807, 2.05) is 30.3 Å². The highest BCUT2D eigenvalue weighted by Gasteiger charge is 2.31. The Hall–Kier alpha value is -2.25. The molecule has 1 atom stereocenters. The molecule has 0 spiro atoms. The Bertz CT molecular complexity index is 760. The summed E-state index contributed by atoms with van der Waals surface area (Å²) >= 11 is 1.44. The minimum atomic E-state index is -0.848. The van der Waals surface area contributed by atoms with Crippen molar-refractivity contribution in [3.8, 4) is 10.4 Å². The van der Waals surface area contributed by atoms with Crippen LogP contribution in [0.15, 0.2) is 30.3 Å². The van der Waals surface area contributed by atoms with E-state index >= 15 is 0 Å². The predicted molar refractivity (Wildman–Crippen MR) is 94.5 cm³/mol. The first-order valence-electron chi connectivity index (χ1n) is 8.16. The van der Waals surface area contributed by atoms with Crippen molar-refractivity contribution >= 4 is 23.2 Å². The lowest BCUT2D eigenvalue weighted by molar-refractivity contribution is -0.143. The Morgan fingerprint density at radius 3 is 2.80 bits per heavy atom. The maximum absolute atomic E-state index is 13.0. The Morgan fingerprint density at radius 1 is 1.36 bits per heavy atom. The number of hydrogen-bond acceptors (Lipinski definition) is 5. The molecule has 1 aromatic carbocycles. The molecule has 7 heteroatoms. The van der Waals surface area contributed by atoms with Crippen molar-refractivity contribution in [2.24, 2.45) is 5.92 Å². The second-order valence-electron chi connectivity index (χ2n) is 6.01. The highest BCUT2D eigenvalue weighted by Crippen LogP contribution is 2.32. The van der Waals surface area contributed by atoms with Gasteiger partial charge in [-0.2, -0.15) is 0 Å². The number of thiazole rings is 1. The normalized spacial score (nSPS) is 17.5. The van der Waals surface area contributed by atoms with Crippen molar-refractivity contribution in [2.45, 2.75) is 19.4 Å². The topological polar surface area (TPSA) is 79.7 Å². The van der Waals surface area contributed by atoms with E-state index in [-0.39, 0.29) is 12.5 Å². The third kappa shape index (κ3) is 3.88. The van der Waals surface area contributed by atoms with Gasteiger partial charge in [-0.05, 0) is 18.4 Å². The summed E-state index contributed by atoms with van der Waals surface area (Å²) in [7, 11) is 1.59. The Labute approximate surface area is 150 Å². The molecule has 25 heavy (non-hydrogen) atoms. The second-order valence-corrected chi connectivity index (χ2v) is 7.10. The van der Waals surface area contributed by atoms with Gasteiger partial charge in [-0.25, -0.2) is 4.98 Å². The zero-order valence-corrected chi connectivity index (χ0v) is 14.8. The van der Waals surface area contributed by atoms with Crippen LogP contribution >= 0.6 is 11.3 Å². The molecule has 132 valence electrons. The zero-order chi connectivity index (χ0) is 17.8. The van der Waals surface area contributed by atoms with E-state index < -0.39 is 11.9 Å². The van der Waals surface area contributed by atoms with E-state index in [2.05, 4.69) is 4.98 Å². The molecule has 1 amide bonds. The van der Waals surface area contributed by atoms with Gasteiger partial charge in [0.15, 0.2) is 0 Å². The molecule has 2 aromatic rings. The summed E-state index contributed by atoms with van der Waals surface area (Å²) in [6.07, 6.45) is 1.30. The molecule has 1 aliphatic heterocycles. The molecule has 3 rings (SSSR count). The molecule has 1 unspecified atom stereocenters. The van der Waals surface area contributed by atoms with Crippen LogP contribution in [0.1, 0.15) is 28.3 Å². The van der Waals surface area contributed by atoms with Crippen LogP contribution in [-0.2, 0) is 16.1 Å². The number of nitrogens with zero attached hydrogens (tertiary/aromatic N) is 2. The molecule has 0 bridgehead atoms. The smallest absolute Gasteiger partial charge is 0.308 e. The summed E-state index contributed by atoms with van der Waals surface area (Å²) in [5.74, 6) is -1.56. The third-order valence-electron chi connectivity index (χ3n) is 4.24. The summed E-state index contributed by atoms with van der Waals surface area (Å²) in [6, 6.07) is 9.64. The van der Waals surface area contributed by atoms with Gasteiger partial charge < -0.3 is 14.7 Å². The molecular formula is C18H20N2O4S. The molecule has 2 heterocycles. The van der Waals surface area contributed by atoms with Gasteiger partial charge in [0, 0.05) is 20.2 Å². The Morgan fingerprint density at radius 2 is 2.12 bits per heavy atom. The monoisotopic (exact) mass is 360 g/mol. The quantitative estimate of drug-likeness (QED) is 0.887. The number of carbonyl (C=O) groups is 2. The van der Waals surface area contributed by atoms with Crippen LogP contribution in [0.4, 0.5) is 0 Å². The van der Waals surface area contributed by atoms with Crippen molar-refractivity contribution in [3.05, 3.63) is 41.0 Å². The molecule has 0 radical (unpaired) electrons. The van der Waals surface area contributed by atoms with Gasteiger partial charge in [0.05, 0.1) is 17.4 Å². The fourth-order valence-electron chi connectivity index (χ4n) is 2.99. The third-order valence-corrected chi connectivity index (χ3v) is 5.31. The summed E-state index contributed by atoms with van der Waals surface area (Å²) in [5.41, 5.74) is 1.31. The van der Waals surface area contributed by atoms with Crippen molar-refractivity contribution in [2.75, 3.05) is 20.2 Å². The number of likely N-dealkylation sites (tertiary alicyclic amines) is 1. The van der Waals surface area contributed by atoms with Gasteiger partial charge in [-0.3, -0.25) is 9.59 Å². The van der Waals surface area contributed by atoms with E-state index in [0.717, 1.165) is 15.4 Å². The number of carbonyl (C=O) groups excluding carboxylic acids is 1. The molecule has 1 N–H and O–H groups in total. The molecule has 1 fully saturated rings. The molecule has 1 aromatic heterocycles. The maximum Gasteiger partial charge on any atom is 0.308 e. The van der Waals surface area contributed by atoms with Crippen LogP contribution < -0.4 is 0 Å². The highest BCUT2D eigenvalue weighted by molar-refractivity contribution is 7.15. The van der Waals surface area contributed by atoms with Crippen molar-refractivity contribution in [3.63, 3.8) is 0 Å². The number of piperidine rings is 1. The number of hydrogen-bond donors (Lipinski definition) is 1. The predicted octanol–water partition coefficient (Wildman–Crippen LogP) is 2.89. The number of carboxylic acid groups (broad SMARTS) is 1. The van der Waals surface area contributed by atoms with Gasteiger partial charge in [0.2, 0.25) is 0 Å². The van der Waals surface area contributed by atoms with Crippen LogP contribution in [0.5, 0.6) is 0 Å². The molecule has 1 aliphatic rings. The molecule has 6 nitrogen and oxygen atoms in total. The average molecular weight is 360 g/mol. The van der Waals surface area contributed by atoms with Crippen LogP contribution in [0.3, 0.4) is 0 Å². The van der Waals surface area contributed by atoms with E-state index in [0.29, 0.717) is 31.7 Å². The molecule has 0 saturated carbocycles. The lowest BCUT2D eigenvalue weighted by Gasteiger charge is -2.30. The Balaban J connectivity index is 1.92. The van der Waals surface area contributed by atoms with Gasteiger partial charge in [0.1, 0.15) is 10.7 Å². The first kappa shape index (κ1) is 17.6. The van der Waals surface area contributed by atoms with E-state index in [4.69, 9.17) is 4.74 Å². The molecule has 1 saturated heterocycles. The maximum atomic E-state index is 13.0. The van der Waals surface area contributed by atoms with E-state index in [1.165, 1.54) is 11.3 Å². The summed E-state index contributed by atoms with van der Waals surface area (Å²) < 4.78 is 5.15. The zero-order valence-electron chi connectivity index (χ0n) is 14.0. The fraction of sp³-hybridized carbons (Fsp3) is 0.389. The molecular weight excluding hydrogens is 340 g/mol.